The molecular weight excluding hydrogens is 495 g/mol. The monoisotopic (exact) mass is 515 g/mol. The Labute approximate surface area is 208 Å². The number of carboxylic acid groups (broad SMARTS) is 1. The second-order valence-electron chi connectivity index (χ2n) is 7.53. The number of hydrogen-bond donors (Lipinski definition) is 1. The fourth-order valence-electron chi connectivity index (χ4n) is 3.32. The quantitative estimate of drug-likeness (QED) is 0.273. The summed E-state index contributed by atoms with van der Waals surface area (Å²) in [5, 5.41) is 9.37. The highest BCUT2D eigenvalue weighted by atomic mass is 32.1. The van der Waals surface area contributed by atoms with Gasteiger partial charge in [0, 0.05) is 11.6 Å². The van der Waals surface area contributed by atoms with Gasteiger partial charge in [-0.3, -0.25) is 0 Å². The third-order valence-corrected chi connectivity index (χ3v) is 6.12. The van der Waals surface area contributed by atoms with Crippen molar-refractivity contribution >= 4 is 17.3 Å². The average Bonchev–Trinajstić information content (AvgIpc) is 3.30. The fraction of sp³-hybridized carbons (Fsp3) is 0.154. The first-order valence-electron chi connectivity index (χ1n) is 10.6. The molecule has 1 aromatic heterocycles. The molecule has 36 heavy (non-hydrogen) atoms. The largest absolute Gasteiger partial charge is 0.497 e. The zero-order valence-corrected chi connectivity index (χ0v) is 19.7. The van der Waals surface area contributed by atoms with Gasteiger partial charge in [-0.2, -0.15) is 13.2 Å². The van der Waals surface area contributed by atoms with E-state index in [0.29, 0.717) is 38.4 Å². The number of aliphatic carboxylic acids is 1. The van der Waals surface area contributed by atoms with Crippen LogP contribution >= 0.6 is 11.3 Å². The van der Waals surface area contributed by atoms with Crippen LogP contribution in [-0.4, -0.2) is 29.8 Å². The Balaban J connectivity index is 1.62. The minimum atomic E-state index is -4.42. The summed E-state index contributed by atoms with van der Waals surface area (Å²) < 4.78 is 55.3. The molecule has 186 valence electrons. The number of aromatic nitrogens is 1. The van der Waals surface area contributed by atoms with Gasteiger partial charge in [-0.1, -0.05) is 18.2 Å². The van der Waals surface area contributed by atoms with Crippen LogP contribution in [0, 0.1) is 0 Å². The van der Waals surface area contributed by atoms with Crippen molar-refractivity contribution in [2.45, 2.75) is 12.8 Å². The maximum absolute atomic E-state index is 13.0. The number of halogens is 3. The summed E-state index contributed by atoms with van der Waals surface area (Å²) in [7, 11) is 1.56. The maximum atomic E-state index is 13.0. The van der Waals surface area contributed by atoms with Gasteiger partial charge in [0.15, 0.2) is 6.61 Å². The lowest BCUT2D eigenvalue weighted by Crippen LogP contribution is -2.09. The highest BCUT2D eigenvalue weighted by molar-refractivity contribution is 7.15. The zero-order chi connectivity index (χ0) is 25.7. The van der Waals surface area contributed by atoms with Gasteiger partial charge in [0.05, 0.1) is 23.2 Å². The molecule has 0 fully saturated rings. The normalized spacial score (nSPS) is 11.2. The van der Waals surface area contributed by atoms with Crippen LogP contribution in [0.25, 0.3) is 21.7 Å². The van der Waals surface area contributed by atoms with Crippen molar-refractivity contribution in [3.8, 4) is 38.9 Å². The molecule has 0 radical (unpaired) electrons. The van der Waals surface area contributed by atoms with E-state index >= 15 is 0 Å². The molecule has 3 aromatic carbocycles. The van der Waals surface area contributed by atoms with Gasteiger partial charge in [0.25, 0.3) is 0 Å². The summed E-state index contributed by atoms with van der Waals surface area (Å²) in [5.41, 5.74) is 1.26. The Kier molecular flexibility index (Phi) is 7.44. The second kappa shape index (κ2) is 10.7. The van der Waals surface area contributed by atoms with E-state index < -0.39 is 24.3 Å². The number of rotatable bonds is 9. The Morgan fingerprint density at radius 1 is 0.917 bits per heavy atom. The number of thiazole rings is 1. The molecule has 0 aliphatic carbocycles. The second-order valence-corrected chi connectivity index (χ2v) is 8.62. The van der Waals surface area contributed by atoms with Crippen molar-refractivity contribution in [1.29, 1.82) is 0 Å². The standard InChI is InChI=1S/C26H20F3NO5S/c1-33-19-11-7-16(8-12-19)24-25(17-5-9-18(10-6-17)26(27,28)29)36-22(30-24)14-34-20-3-2-4-21(13-20)35-15-23(31)32/h2-13H,14-15H2,1H3,(H,31,32). The van der Waals surface area contributed by atoms with Crippen LogP contribution in [-0.2, 0) is 17.6 Å². The Morgan fingerprint density at radius 3 is 2.17 bits per heavy atom. The molecule has 0 unspecified atom stereocenters. The molecule has 6 nitrogen and oxygen atoms in total. The molecule has 10 heteroatoms. The molecule has 0 spiro atoms. The first-order chi connectivity index (χ1) is 17.2. The van der Waals surface area contributed by atoms with Crippen LogP contribution in [0.4, 0.5) is 13.2 Å². The topological polar surface area (TPSA) is 77.9 Å². The van der Waals surface area contributed by atoms with Gasteiger partial charge >= 0.3 is 12.1 Å². The van der Waals surface area contributed by atoms with E-state index in [4.69, 9.17) is 24.3 Å². The van der Waals surface area contributed by atoms with Crippen LogP contribution in [0.15, 0.2) is 72.8 Å². The predicted octanol–water partition coefficient (Wildman–Crippen LogP) is 6.55. The molecule has 0 amide bonds. The number of hydrogen-bond acceptors (Lipinski definition) is 6. The van der Waals surface area contributed by atoms with Crippen LogP contribution in [0.1, 0.15) is 10.6 Å². The van der Waals surface area contributed by atoms with Crippen molar-refractivity contribution in [2.75, 3.05) is 13.7 Å². The lowest BCUT2D eigenvalue weighted by molar-refractivity contribution is -0.139. The van der Waals surface area contributed by atoms with E-state index in [1.165, 1.54) is 23.5 Å². The van der Waals surface area contributed by atoms with Crippen molar-refractivity contribution in [1.82, 2.24) is 4.98 Å². The van der Waals surface area contributed by atoms with E-state index in [9.17, 15) is 18.0 Å². The van der Waals surface area contributed by atoms with Crippen LogP contribution in [0.3, 0.4) is 0 Å². The summed E-state index contributed by atoms with van der Waals surface area (Å²) in [5.74, 6) is 0.373. The number of carboxylic acids is 1. The Bertz CT molecular complexity index is 1340. The van der Waals surface area contributed by atoms with Crippen LogP contribution in [0.5, 0.6) is 17.2 Å². The molecule has 0 atom stereocenters. The van der Waals surface area contributed by atoms with Crippen LogP contribution < -0.4 is 14.2 Å². The Morgan fingerprint density at radius 2 is 1.56 bits per heavy atom. The number of nitrogens with zero attached hydrogens (tertiary/aromatic N) is 1. The lowest BCUT2D eigenvalue weighted by Gasteiger charge is -2.08. The Hall–Kier alpha value is -4.05. The zero-order valence-electron chi connectivity index (χ0n) is 18.9. The van der Waals surface area contributed by atoms with Gasteiger partial charge in [0.2, 0.25) is 0 Å². The molecule has 4 rings (SSSR count). The predicted molar refractivity (Wildman–Crippen MR) is 128 cm³/mol. The minimum Gasteiger partial charge on any atom is -0.497 e. The smallest absolute Gasteiger partial charge is 0.416 e. The number of benzene rings is 3. The number of alkyl halides is 3. The van der Waals surface area contributed by atoms with Crippen molar-refractivity contribution in [2.24, 2.45) is 0 Å². The molecule has 0 aliphatic rings. The van der Waals surface area contributed by atoms with Gasteiger partial charge in [-0.15, -0.1) is 11.3 Å². The van der Waals surface area contributed by atoms with E-state index in [0.717, 1.165) is 17.7 Å². The van der Waals surface area contributed by atoms with Crippen molar-refractivity contribution in [3.63, 3.8) is 0 Å². The summed E-state index contributed by atoms with van der Waals surface area (Å²) >= 11 is 1.31. The van der Waals surface area contributed by atoms with Crippen molar-refractivity contribution in [3.05, 3.63) is 83.4 Å². The highest BCUT2D eigenvalue weighted by Crippen LogP contribution is 2.39. The number of ether oxygens (including phenoxy) is 3. The maximum Gasteiger partial charge on any atom is 0.416 e. The molecule has 0 bridgehead atoms. The summed E-state index contributed by atoms with van der Waals surface area (Å²) in [4.78, 5) is 16.1. The first-order valence-corrected chi connectivity index (χ1v) is 11.4. The fourth-order valence-corrected chi connectivity index (χ4v) is 4.33. The van der Waals surface area contributed by atoms with E-state index in [-0.39, 0.29) is 6.61 Å². The summed E-state index contributed by atoms with van der Waals surface area (Å²) in [6.07, 6.45) is -4.42. The van der Waals surface area contributed by atoms with E-state index in [1.54, 1.807) is 43.5 Å². The highest BCUT2D eigenvalue weighted by Gasteiger charge is 2.30. The van der Waals surface area contributed by atoms with E-state index in [1.807, 2.05) is 12.1 Å². The first kappa shape index (κ1) is 25.1. The molecule has 1 N–H and O–H groups in total. The molecule has 1 heterocycles. The number of methoxy groups -OCH3 is 1. The third-order valence-electron chi connectivity index (χ3n) is 5.04. The molecule has 4 aromatic rings. The summed E-state index contributed by atoms with van der Waals surface area (Å²) in [6.45, 7) is -0.380. The van der Waals surface area contributed by atoms with Gasteiger partial charge < -0.3 is 19.3 Å². The number of carbonyl (C=O) groups is 1. The molecule has 0 aliphatic heterocycles. The average molecular weight is 516 g/mol. The van der Waals surface area contributed by atoms with Gasteiger partial charge in [-0.05, 0) is 54.1 Å². The summed E-state index contributed by atoms with van der Waals surface area (Å²) in [6, 6.07) is 18.7. The van der Waals surface area contributed by atoms with Gasteiger partial charge in [-0.25, -0.2) is 9.78 Å². The third kappa shape index (κ3) is 6.14. The molecular formula is C26H20F3NO5S. The SMILES string of the molecule is COc1ccc(-c2nc(COc3cccc(OCC(=O)O)c3)sc2-c2ccc(C(F)(F)F)cc2)cc1. The van der Waals surface area contributed by atoms with Gasteiger partial charge in [0.1, 0.15) is 28.9 Å². The lowest BCUT2D eigenvalue weighted by atomic mass is 10.1. The van der Waals surface area contributed by atoms with E-state index in [2.05, 4.69) is 0 Å². The van der Waals surface area contributed by atoms with Crippen LogP contribution in [0.2, 0.25) is 0 Å². The van der Waals surface area contributed by atoms with Crippen molar-refractivity contribution < 1.29 is 37.3 Å². The molecule has 0 saturated carbocycles. The molecule has 0 saturated heterocycles. The minimum absolute atomic E-state index is 0.0941.